The van der Waals surface area contributed by atoms with Gasteiger partial charge < -0.3 is 5.32 Å². The van der Waals surface area contributed by atoms with Crippen LogP contribution in [0.25, 0.3) is 11.4 Å². The fourth-order valence-electron chi connectivity index (χ4n) is 1.63. The van der Waals surface area contributed by atoms with E-state index in [4.69, 9.17) is 11.6 Å². The van der Waals surface area contributed by atoms with Gasteiger partial charge in [-0.05, 0) is 18.9 Å². The molecule has 2 aromatic heterocycles. The lowest BCUT2D eigenvalue weighted by molar-refractivity contribution is -0.137. The Morgan fingerprint density at radius 2 is 2.10 bits per heavy atom. The topological polar surface area (TPSA) is 37.8 Å². The highest BCUT2D eigenvalue weighted by molar-refractivity contribution is 7.14. The van der Waals surface area contributed by atoms with Gasteiger partial charge in [0.05, 0.1) is 10.6 Å². The van der Waals surface area contributed by atoms with Crippen LogP contribution in [0.5, 0.6) is 0 Å². The Labute approximate surface area is 121 Å². The Morgan fingerprint density at radius 3 is 2.70 bits per heavy atom. The summed E-state index contributed by atoms with van der Waals surface area (Å²) in [6.07, 6.45) is -1.44. The van der Waals surface area contributed by atoms with E-state index in [9.17, 15) is 13.2 Å². The van der Waals surface area contributed by atoms with Gasteiger partial charge in [0.25, 0.3) is 0 Å². The minimum Gasteiger partial charge on any atom is -0.359 e. The molecule has 0 saturated heterocycles. The molecular weight excluding hydrogens is 311 g/mol. The fourth-order valence-corrected chi connectivity index (χ4v) is 2.67. The molecule has 1 aliphatic rings. The van der Waals surface area contributed by atoms with Crippen molar-refractivity contribution in [2.45, 2.75) is 25.1 Å². The molecule has 0 aliphatic heterocycles. The van der Waals surface area contributed by atoms with Crippen LogP contribution < -0.4 is 5.32 Å². The van der Waals surface area contributed by atoms with Crippen LogP contribution in [0, 0.1) is 0 Å². The van der Waals surface area contributed by atoms with Crippen molar-refractivity contribution in [2.75, 3.05) is 5.32 Å². The van der Waals surface area contributed by atoms with Crippen LogP contribution in [0.15, 0.2) is 17.6 Å². The SMILES string of the molecule is FC(F)(F)c1cnc(-c2csc(NC3CC3)n2)c(Cl)c1. The Balaban J connectivity index is 1.87. The number of pyridine rings is 1. The van der Waals surface area contributed by atoms with Crippen molar-refractivity contribution in [3.63, 3.8) is 0 Å². The van der Waals surface area contributed by atoms with E-state index < -0.39 is 11.7 Å². The molecule has 2 aromatic rings. The summed E-state index contributed by atoms with van der Waals surface area (Å²) in [5.41, 5.74) is -0.116. The molecule has 0 atom stereocenters. The van der Waals surface area contributed by atoms with Gasteiger partial charge in [-0.1, -0.05) is 11.6 Å². The van der Waals surface area contributed by atoms with Crippen LogP contribution >= 0.6 is 22.9 Å². The molecule has 0 radical (unpaired) electrons. The Kier molecular flexibility index (Phi) is 3.33. The van der Waals surface area contributed by atoms with E-state index in [2.05, 4.69) is 15.3 Å². The first-order valence-electron chi connectivity index (χ1n) is 5.88. The van der Waals surface area contributed by atoms with Crippen LogP contribution in [0.1, 0.15) is 18.4 Å². The van der Waals surface area contributed by atoms with Gasteiger partial charge in [-0.3, -0.25) is 4.98 Å². The Bertz CT molecular complexity index is 637. The molecule has 0 aromatic carbocycles. The molecule has 2 heterocycles. The van der Waals surface area contributed by atoms with E-state index in [0.29, 0.717) is 11.7 Å². The van der Waals surface area contributed by atoms with Crippen LogP contribution in [-0.4, -0.2) is 16.0 Å². The molecule has 0 unspecified atom stereocenters. The zero-order valence-corrected chi connectivity index (χ0v) is 11.6. The molecule has 0 spiro atoms. The summed E-state index contributed by atoms with van der Waals surface area (Å²) in [5.74, 6) is 0. The first kappa shape index (κ1) is 13.6. The van der Waals surface area contributed by atoms with Gasteiger partial charge in [0.2, 0.25) is 0 Å². The van der Waals surface area contributed by atoms with Crippen LogP contribution in [0.4, 0.5) is 18.3 Å². The molecular formula is C12H9ClF3N3S. The fraction of sp³-hybridized carbons (Fsp3) is 0.333. The first-order valence-corrected chi connectivity index (χ1v) is 7.14. The predicted octanol–water partition coefficient (Wildman–Crippen LogP) is 4.45. The van der Waals surface area contributed by atoms with Gasteiger partial charge in [0.1, 0.15) is 11.4 Å². The largest absolute Gasteiger partial charge is 0.417 e. The van der Waals surface area contributed by atoms with Crippen molar-refractivity contribution in [1.82, 2.24) is 9.97 Å². The number of nitrogens with one attached hydrogen (secondary N) is 1. The van der Waals surface area contributed by atoms with E-state index in [1.54, 1.807) is 5.38 Å². The summed E-state index contributed by atoms with van der Waals surface area (Å²) in [6.45, 7) is 0. The molecule has 8 heteroatoms. The van der Waals surface area contributed by atoms with Crippen LogP contribution in [0.2, 0.25) is 5.02 Å². The molecule has 106 valence electrons. The molecule has 3 rings (SSSR count). The quantitative estimate of drug-likeness (QED) is 0.908. The van der Waals surface area contributed by atoms with Crippen LogP contribution in [0.3, 0.4) is 0 Å². The number of hydrogen-bond donors (Lipinski definition) is 1. The maximum atomic E-state index is 12.5. The number of thiazole rings is 1. The highest BCUT2D eigenvalue weighted by Crippen LogP contribution is 2.35. The number of aromatic nitrogens is 2. The van der Waals surface area contributed by atoms with E-state index in [1.807, 2.05) is 0 Å². The van der Waals surface area contributed by atoms with Gasteiger partial charge in [-0.15, -0.1) is 11.3 Å². The summed E-state index contributed by atoms with van der Waals surface area (Å²) >= 11 is 7.27. The van der Waals surface area contributed by atoms with Gasteiger partial charge in [-0.2, -0.15) is 13.2 Å². The van der Waals surface area contributed by atoms with Gasteiger partial charge >= 0.3 is 6.18 Å². The van der Waals surface area contributed by atoms with Crippen molar-refractivity contribution in [3.8, 4) is 11.4 Å². The molecule has 1 saturated carbocycles. The predicted molar refractivity (Wildman–Crippen MR) is 72.0 cm³/mol. The summed E-state index contributed by atoms with van der Waals surface area (Å²) in [6, 6.07) is 1.34. The smallest absolute Gasteiger partial charge is 0.359 e. The second kappa shape index (κ2) is 4.89. The monoisotopic (exact) mass is 319 g/mol. The second-order valence-electron chi connectivity index (χ2n) is 4.51. The number of hydrogen-bond acceptors (Lipinski definition) is 4. The van der Waals surface area contributed by atoms with E-state index in [0.717, 1.165) is 30.2 Å². The molecule has 0 amide bonds. The number of nitrogens with zero attached hydrogens (tertiary/aromatic N) is 2. The Hall–Kier alpha value is -1.34. The average Bonchev–Trinajstić information content (AvgIpc) is 3.05. The summed E-state index contributed by atoms with van der Waals surface area (Å²) in [5, 5.41) is 5.63. The van der Waals surface area contributed by atoms with Crippen molar-refractivity contribution in [3.05, 3.63) is 28.2 Å². The molecule has 20 heavy (non-hydrogen) atoms. The molecule has 1 aliphatic carbocycles. The van der Waals surface area contributed by atoms with Crippen molar-refractivity contribution in [1.29, 1.82) is 0 Å². The van der Waals surface area contributed by atoms with E-state index >= 15 is 0 Å². The van der Waals surface area contributed by atoms with Crippen molar-refractivity contribution >= 4 is 28.1 Å². The van der Waals surface area contributed by atoms with E-state index in [1.165, 1.54) is 11.3 Å². The first-order chi connectivity index (χ1) is 9.43. The number of anilines is 1. The second-order valence-corrected chi connectivity index (χ2v) is 5.77. The normalized spacial score (nSPS) is 15.4. The lowest BCUT2D eigenvalue weighted by Gasteiger charge is -2.07. The maximum absolute atomic E-state index is 12.5. The Morgan fingerprint density at radius 1 is 1.35 bits per heavy atom. The third-order valence-corrected chi connectivity index (χ3v) is 3.88. The third kappa shape index (κ3) is 2.88. The maximum Gasteiger partial charge on any atom is 0.417 e. The summed E-state index contributed by atoms with van der Waals surface area (Å²) in [7, 11) is 0. The average molecular weight is 320 g/mol. The lowest BCUT2D eigenvalue weighted by Crippen LogP contribution is -2.06. The molecule has 1 N–H and O–H groups in total. The zero-order valence-electron chi connectivity index (χ0n) is 10.0. The van der Waals surface area contributed by atoms with E-state index in [-0.39, 0.29) is 10.7 Å². The van der Waals surface area contributed by atoms with Gasteiger partial charge in [-0.25, -0.2) is 4.98 Å². The number of rotatable bonds is 3. The minimum absolute atomic E-state index is 0.0527. The van der Waals surface area contributed by atoms with Crippen LogP contribution in [-0.2, 0) is 6.18 Å². The highest BCUT2D eigenvalue weighted by Gasteiger charge is 2.32. The van der Waals surface area contributed by atoms with Crippen molar-refractivity contribution < 1.29 is 13.2 Å². The van der Waals surface area contributed by atoms with Gasteiger partial charge in [0.15, 0.2) is 5.13 Å². The van der Waals surface area contributed by atoms with Gasteiger partial charge in [0, 0.05) is 17.6 Å². The third-order valence-electron chi connectivity index (χ3n) is 2.82. The molecule has 1 fully saturated rings. The number of alkyl halides is 3. The van der Waals surface area contributed by atoms with Crippen molar-refractivity contribution in [2.24, 2.45) is 0 Å². The standard InChI is InChI=1S/C12H9ClF3N3S/c13-8-3-6(12(14,15)16)4-17-10(8)9-5-20-11(19-9)18-7-1-2-7/h3-5,7H,1-2H2,(H,18,19). The summed E-state index contributed by atoms with van der Waals surface area (Å²) in [4.78, 5) is 8.08. The molecule has 3 nitrogen and oxygen atoms in total. The minimum atomic E-state index is -4.45. The highest BCUT2D eigenvalue weighted by atomic mass is 35.5. The number of halogens is 4. The summed E-state index contributed by atoms with van der Waals surface area (Å²) < 4.78 is 37.6. The molecule has 0 bridgehead atoms. The lowest BCUT2D eigenvalue weighted by atomic mass is 10.2. The zero-order chi connectivity index (χ0) is 14.3.